The van der Waals surface area contributed by atoms with Gasteiger partial charge in [-0.05, 0) is 61.1 Å². The van der Waals surface area contributed by atoms with E-state index in [0.717, 1.165) is 24.8 Å². The van der Waals surface area contributed by atoms with E-state index in [4.69, 9.17) is 0 Å². The summed E-state index contributed by atoms with van der Waals surface area (Å²) in [7, 11) is -3.66. The minimum Gasteiger partial charge on any atom is -0.207 e. The van der Waals surface area contributed by atoms with Gasteiger partial charge >= 0.3 is 0 Å². The van der Waals surface area contributed by atoms with Gasteiger partial charge in [-0.3, -0.25) is 0 Å². The fraction of sp³-hybridized carbons (Fsp3) is 0.294. The smallest absolute Gasteiger partial charge is 0.207 e. The van der Waals surface area contributed by atoms with Gasteiger partial charge in [0.1, 0.15) is 5.82 Å². The lowest BCUT2D eigenvalue weighted by atomic mass is 9.88. The van der Waals surface area contributed by atoms with Crippen LogP contribution in [0.4, 0.5) is 4.39 Å². The largest absolute Gasteiger partial charge is 0.241 e. The van der Waals surface area contributed by atoms with Crippen LogP contribution >= 0.6 is 0 Å². The molecule has 0 heterocycles. The third kappa shape index (κ3) is 2.91. The van der Waals surface area contributed by atoms with Crippen molar-refractivity contribution < 1.29 is 12.8 Å². The molecule has 1 atom stereocenters. The van der Waals surface area contributed by atoms with E-state index in [9.17, 15) is 12.8 Å². The maximum Gasteiger partial charge on any atom is 0.241 e. The summed E-state index contributed by atoms with van der Waals surface area (Å²) in [5, 5.41) is 0. The molecule has 0 amide bonds. The lowest BCUT2D eigenvalue weighted by molar-refractivity contribution is 0.507. The van der Waals surface area contributed by atoms with E-state index in [2.05, 4.69) is 4.72 Å². The van der Waals surface area contributed by atoms with Gasteiger partial charge in [0.15, 0.2) is 0 Å². The van der Waals surface area contributed by atoms with Gasteiger partial charge in [0.2, 0.25) is 10.0 Å². The highest BCUT2D eigenvalue weighted by Gasteiger charge is 2.25. The monoisotopic (exact) mass is 319 g/mol. The summed E-state index contributed by atoms with van der Waals surface area (Å²) >= 11 is 0. The first-order valence-corrected chi connectivity index (χ1v) is 8.82. The minimum atomic E-state index is -3.66. The van der Waals surface area contributed by atoms with Crippen LogP contribution in [0.15, 0.2) is 47.4 Å². The lowest BCUT2D eigenvalue weighted by Gasteiger charge is -2.26. The van der Waals surface area contributed by atoms with Crippen molar-refractivity contribution >= 4 is 10.0 Å². The van der Waals surface area contributed by atoms with E-state index in [1.54, 1.807) is 6.92 Å². The number of rotatable bonds is 3. The van der Waals surface area contributed by atoms with Crippen LogP contribution in [-0.2, 0) is 16.4 Å². The molecule has 0 radical (unpaired) electrons. The molecule has 0 bridgehead atoms. The highest BCUT2D eigenvalue weighted by Crippen LogP contribution is 2.30. The number of aryl methyl sites for hydroxylation is 2. The number of nitrogens with one attached hydrogen (secondary N) is 1. The third-order valence-electron chi connectivity index (χ3n) is 4.11. The molecule has 116 valence electrons. The second kappa shape index (κ2) is 5.82. The molecule has 22 heavy (non-hydrogen) atoms. The van der Waals surface area contributed by atoms with E-state index in [1.165, 1.54) is 23.8 Å². The second-order valence-electron chi connectivity index (χ2n) is 5.68. The zero-order valence-electron chi connectivity index (χ0n) is 12.3. The summed E-state index contributed by atoms with van der Waals surface area (Å²) in [4.78, 5) is 0.106. The zero-order valence-corrected chi connectivity index (χ0v) is 13.2. The predicted octanol–water partition coefficient (Wildman–Crippen LogP) is 3.49. The summed E-state index contributed by atoms with van der Waals surface area (Å²) in [5.41, 5.74) is 2.56. The van der Waals surface area contributed by atoms with Gasteiger partial charge < -0.3 is 0 Å². The topological polar surface area (TPSA) is 46.2 Å². The summed E-state index contributed by atoms with van der Waals surface area (Å²) in [5.74, 6) is -0.401. The molecular weight excluding hydrogens is 301 g/mol. The molecule has 0 spiro atoms. The predicted molar refractivity (Wildman–Crippen MR) is 83.6 cm³/mol. The van der Waals surface area contributed by atoms with Gasteiger partial charge in [0, 0.05) is 6.04 Å². The molecule has 1 N–H and O–H groups in total. The van der Waals surface area contributed by atoms with Gasteiger partial charge in [-0.2, -0.15) is 0 Å². The van der Waals surface area contributed by atoms with Crippen molar-refractivity contribution in [1.29, 1.82) is 0 Å². The molecule has 0 aliphatic heterocycles. The molecule has 5 heteroatoms. The van der Waals surface area contributed by atoms with Gasteiger partial charge in [-0.15, -0.1) is 0 Å². The average Bonchev–Trinajstić information content (AvgIpc) is 2.50. The lowest BCUT2D eigenvalue weighted by Crippen LogP contribution is -2.31. The van der Waals surface area contributed by atoms with Gasteiger partial charge in [0.25, 0.3) is 0 Å². The Hall–Kier alpha value is -1.72. The van der Waals surface area contributed by atoms with Crippen molar-refractivity contribution in [3.63, 3.8) is 0 Å². The summed E-state index contributed by atoms with van der Waals surface area (Å²) in [6, 6.07) is 11.5. The molecule has 2 aromatic carbocycles. The van der Waals surface area contributed by atoms with Crippen LogP contribution in [0.3, 0.4) is 0 Å². The van der Waals surface area contributed by atoms with Crippen molar-refractivity contribution in [2.45, 2.75) is 37.1 Å². The van der Waals surface area contributed by atoms with Crippen LogP contribution < -0.4 is 4.72 Å². The van der Waals surface area contributed by atoms with Crippen LogP contribution in [0.5, 0.6) is 0 Å². The molecule has 2 aromatic rings. The highest BCUT2D eigenvalue weighted by molar-refractivity contribution is 7.89. The van der Waals surface area contributed by atoms with E-state index < -0.39 is 15.8 Å². The molecule has 3 nitrogen and oxygen atoms in total. The summed E-state index contributed by atoms with van der Waals surface area (Å²) < 4.78 is 41.2. The van der Waals surface area contributed by atoms with Gasteiger partial charge in [-0.25, -0.2) is 17.5 Å². The molecule has 1 unspecified atom stereocenters. The van der Waals surface area contributed by atoms with Crippen LogP contribution in [0.25, 0.3) is 0 Å². The quantitative estimate of drug-likeness (QED) is 0.941. The standard InChI is InChI=1S/C17H18FNO2S/c1-12-11-14(9-10-16(12)18)22(20,21)19-17-8-4-6-13-5-2-3-7-15(13)17/h2-3,5,7,9-11,17,19H,4,6,8H2,1H3. The molecule has 0 saturated heterocycles. The molecule has 0 fully saturated rings. The molecule has 1 aliphatic rings. The van der Waals surface area contributed by atoms with Crippen LogP contribution in [0.1, 0.15) is 35.6 Å². The summed E-state index contributed by atoms with van der Waals surface area (Å²) in [6.07, 6.45) is 2.70. The Labute approximate surface area is 130 Å². The van der Waals surface area contributed by atoms with E-state index in [0.29, 0.717) is 5.56 Å². The molecule has 1 aliphatic carbocycles. The van der Waals surface area contributed by atoms with Crippen LogP contribution in [0.2, 0.25) is 0 Å². The molecule has 0 saturated carbocycles. The number of benzene rings is 2. The Morgan fingerprint density at radius 2 is 1.95 bits per heavy atom. The Balaban J connectivity index is 1.91. The fourth-order valence-electron chi connectivity index (χ4n) is 2.92. The SMILES string of the molecule is Cc1cc(S(=O)(=O)NC2CCCc3ccccc32)ccc1F. The van der Waals surface area contributed by atoms with E-state index >= 15 is 0 Å². The first kappa shape index (κ1) is 15.2. The Morgan fingerprint density at radius 3 is 2.73 bits per heavy atom. The number of fused-ring (bicyclic) bond motifs is 1. The number of hydrogen-bond donors (Lipinski definition) is 1. The molecule has 3 rings (SSSR count). The van der Waals surface area contributed by atoms with Crippen LogP contribution in [0, 0.1) is 12.7 Å². The van der Waals surface area contributed by atoms with Crippen LogP contribution in [-0.4, -0.2) is 8.42 Å². The van der Waals surface area contributed by atoms with Crippen molar-refractivity contribution in [2.75, 3.05) is 0 Å². The number of halogens is 1. The van der Waals surface area contributed by atoms with Crippen molar-refractivity contribution in [3.8, 4) is 0 Å². The first-order valence-electron chi connectivity index (χ1n) is 7.34. The highest BCUT2D eigenvalue weighted by atomic mass is 32.2. The Morgan fingerprint density at radius 1 is 1.18 bits per heavy atom. The minimum absolute atomic E-state index is 0.106. The zero-order chi connectivity index (χ0) is 15.7. The average molecular weight is 319 g/mol. The maximum atomic E-state index is 13.3. The second-order valence-corrected chi connectivity index (χ2v) is 7.39. The summed E-state index contributed by atoms with van der Waals surface area (Å²) in [6.45, 7) is 1.56. The third-order valence-corrected chi connectivity index (χ3v) is 5.58. The van der Waals surface area contributed by atoms with E-state index in [1.807, 2.05) is 24.3 Å². The maximum absolute atomic E-state index is 13.3. The van der Waals surface area contributed by atoms with Crippen molar-refractivity contribution in [2.24, 2.45) is 0 Å². The van der Waals surface area contributed by atoms with Crippen molar-refractivity contribution in [1.82, 2.24) is 4.72 Å². The number of sulfonamides is 1. The Bertz CT molecular complexity index is 802. The fourth-order valence-corrected chi connectivity index (χ4v) is 4.25. The molecular formula is C17H18FNO2S. The molecule has 0 aromatic heterocycles. The van der Waals surface area contributed by atoms with Gasteiger partial charge in [0.05, 0.1) is 4.90 Å². The van der Waals surface area contributed by atoms with Gasteiger partial charge in [-0.1, -0.05) is 24.3 Å². The number of hydrogen-bond acceptors (Lipinski definition) is 2. The normalized spacial score (nSPS) is 18.0. The first-order chi connectivity index (χ1) is 10.5. The van der Waals surface area contributed by atoms with E-state index in [-0.39, 0.29) is 10.9 Å². The Kier molecular flexibility index (Phi) is 4.02. The van der Waals surface area contributed by atoms with Crippen molar-refractivity contribution in [3.05, 3.63) is 65.0 Å².